The van der Waals surface area contributed by atoms with Crippen LogP contribution in [0.4, 0.5) is 0 Å². The van der Waals surface area contributed by atoms with Crippen molar-refractivity contribution in [2.24, 2.45) is 5.73 Å². The van der Waals surface area contributed by atoms with Crippen LogP contribution in [0.25, 0.3) is 0 Å². The number of likely N-dealkylation sites (tertiary alicyclic amines) is 1. The van der Waals surface area contributed by atoms with E-state index in [1.807, 2.05) is 18.2 Å². The predicted octanol–water partition coefficient (Wildman–Crippen LogP) is 2.72. The molecule has 1 aromatic carbocycles. The Labute approximate surface area is 127 Å². The summed E-state index contributed by atoms with van der Waals surface area (Å²) in [6.45, 7) is 6.70. The molecule has 4 nitrogen and oxygen atoms in total. The Morgan fingerprint density at radius 2 is 2.05 bits per heavy atom. The summed E-state index contributed by atoms with van der Waals surface area (Å²) in [5, 5.41) is 0. The van der Waals surface area contributed by atoms with E-state index in [4.69, 9.17) is 15.2 Å². The van der Waals surface area contributed by atoms with E-state index in [-0.39, 0.29) is 11.6 Å². The number of fused-ring (bicyclic) bond motifs is 1. The van der Waals surface area contributed by atoms with E-state index < -0.39 is 0 Å². The number of hydrogen-bond donors (Lipinski definition) is 1. The van der Waals surface area contributed by atoms with Crippen LogP contribution in [0, 0.1) is 0 Å². The second-order valence-electron chi connectivity index (χ2n) is 6.63. The molecule has 1 aromatic rings. The lowest BCUT2D eigenvalue weighted by molar-refractivity contribution is -0.0279. The van der Waals surface area contributed by atoms with Gasteiger partial charge in [0, 0.05) is 37.2 Å². The molecule has 2 heterocycles. The van der Waals surface area contributed by atoms with E-state index in [1.165, 1.54) is 0 Å². The zero-order chi connectivity index (χ0) is 15.0. The lowest BCUT2D eigenvalue weighted by Crippen LogP contribution is -2.52. The van der Waals surface area contributed by atoms with Gasteiger partial charge in [-0.25, -0.2) is 0 Å². The normalized spacial score (nSPS) is 24.7. The zero-order valence-electron chi connectivity index (χ0n) is 13.3. The van der Waals surface area contributed by atoms with Crippen LogP contribution in [-0.4, -0.2) is 36.7 Å². The Morgan fingerprint density at radius 1 is 1.33 bits per heavy atom. The molecule has 1 saturated heterocycles. The first kappa shape index (κ1) is 14.7. The first-order valence-corrected chi connectivity index (χ1v) is 7.89. The Kier molecular flexibility index (Phi) is 3.84. The van der Waals surface area contributed by atoms with Crippen LogP contribution in [0.3, 0.4) is 0 Å². The third-order valence-corrected chi connectivity index (χ3v) is 4.97. The van der Waals surface area contributed by atoms with Gasteiger partial charge >= 0.3 is 0 Å². The molecule has 0 aliphatic carbocycles. The number of ether oxygens (including phenoxy) is 2. The number of nitrogens with zero attached hydrogens (tertiary/aromatic N) is 1. The van der Waals surface area contributed by atoms with Crippen molar-refractivity contribution < 1.29 is 9.47 Å². The molecule has 116 valence electrons. The van der Waals surface area contributed by atoms with Gasteiger partial charge in [0.15, 0.2) is 0 Å². The smallest absolute Gasteiger partial charge is 0.125 e. The minimum Gasteiger partial charge on any atom is -0.497 e. The van der Waals surface area contributed by atoms with E-state index in [0.717, 1.165) is 49.4 Å². The molecule has 2 aliphatic rings. The zero-order valence-corrected chi connectivity index (χ0v) is 13.3. The molecular weight excluding hydrogens is 264 g/mol. The van der Waals surface area contributed by atoms with Crippen molar-refractivity contribution in [2.75, 3.05) is 20.2 Å². The lowest BCUT2D eigenvalue weighted by atomic mass is 9.80. The number of piperidine rings is 1. The van der Waals surface area contributed by atoms with E-state index in [1.54, 1.807) is 7.11 Å². The molecule has 2 N–H and O–H groups in total. The van der Waals surface area contributed by atoms with Gasteiger partial charge in [0.2, 0.25) is 0 Å². The van der Waals surface area contributed by atoms with Gasteiger partial charge in [-0.2, -0.15) is 0 Å². The average molecular weight is 290 g/mol. The van der Waals surface area contributed by atoms with Gasteiger partial charge in [-0.1, -0.05) is 0 Å². The van der Waals surface area contributed by atoms with Crippen LogP contribution in [-0.2, 0) is 0 Å². The van der Waals surface area contributed by atoms with Crippen LogP contribution < -0.4 is 15.2 Å². The van der Waals surface area contributed by atoms with Gasteiger partial charge in [-0.3, -0.25) is 0 Å². The molecule has 4 heteroatoms. The second-order valence-corrected chi connectivity index (χ2v) is 6.63. The van der Waals surface area contributed by atoms with Gasteiger partial charge in [0.25, 0.3) is 0 Å². The molecule has 0 radical (unpaired) electrons. The van der Waals surface area contributed by atoms with Crippen molar-refractivity contribution >= 4 is 0 Å². The highest BCUT2D eigenvalue weighted by atomic mass is 16.5. The van der Waals surface area contributed by atoms with Crippen molar-refractivity contribution in [2.45, 2.75) is 50.8 Å². The summed E-state index contributed by atoms with van der Waals surface area (Å²) in [5.41, 5.74) is 7.42. The molecule has 3 rings (SSSR count). The molecular formula is C17H26N2O2. The van der Waals surface area contributed by atoms with E-state index in [2.05, 4.69) is 18.7 Å². The maximum Gasteiger partial charge on any atom is 0.125 e. The van der Waals surface area contributed by atoms with E-state index in [0.29, 0.717) is 6.04 Å². The first-order valence-electron chi connectivity index (χ1n) is 7.89. The molecule has 21 heavy (non-hydrogen) atoms. The van der Waals surface area contributed by atoms with E-state index >= 15 is 0 Å². The highest BCUT2D eigenvalue weighted by Crippen LogP contribution is 2.44. The van der Waals surface area contributed by atoms with Crippen LogP contribution in [0.5, 0.6) is 11.5 Å². The molecule has 0 aromatic heterocycles. The Balaban J connectivity index is 1.79. The van der Waals surface area contributed by atoms with Crippen molar-refractivity contribution in [3.8, 4) is 11.5 Å². The number of hydrogen-bond acceptors (Lipinski definition) is 4. The molecule has 0 amide bonds. The highest BCUT2D eigenvalue weighted by Gasteiger charge is 2.42. The third kappa shape index (κ3) is 2.74. The second kappa shape index (κ2) is 5.50. The third-order valence-electron chi connectivity index (χ3n) is 4.97. The summed E-state index contributed by atoms with van der Waals surface area (Å²) in [4.78, 5) is 2.52. The fourth-order valence-electron chi connectivity index (χ4n) is 3.58. The minimum absolute atomic E-state index is 0.0365. The molecule has 0 unspecified atom stereocenters. The molecule has 0 bridgehead atoms. The summed E-state index contributed by atoms with van der Waals surface area (Å²) >= 11 is 0. The van der Waals surface area contributed by atoms with Gasteiger partial charge in [-0.05, 0) is 44.9 Å². The monoisotopic (exact) mass is 290 g/mol. The number of benzene rings is 1. The minimum atomic E-state index is -0.0770. The van der Waals surface area contributed by atoms with Crippen molar-refractivity contribution in [1.29, 1.82) is 0 Å². The fraction of sp³-hybridized carbons (Fsp3) is 0.647. The van der Waals surface area contributed by atoms with Crippen LogP contribution in [0.2, 0.25) is 0 Å². The maximum absolute atomic E-state index is 6.42. The van der Waals surface area contributed by atoms with Crippen LogP contribution in [0.15, 0.2) is 18.2 Å². The molecule has 1 atom stereocenters. The quantitative estimate of drug-likeness (QED) is 0.910. The summed E-state index contributed by atoms with van der Waals surface area (Å²) in [7, 11) is 1.68. The van der Waals surface area contributed by atoms with Crippen LogP contribution in [0.1, 0.15) is 44.7 Å². The SMILES string of the molecule is COc1ccc2c(c1)[C@@H](N)CC1(CCN(C(C)C)CC1)O2. The van der Waals surface area contributed by atoms with E-state index in [9.17, 15) is 0 Å². The topological polar surface area (TPSA) is 47.7 Å². The van der Waals surface area contributed by atoms with Gasteiger partial charge < -0.3 is 20.1 Å². The number of rotatable bonds is 2. The Morgan fingerprint density at radius 3 is 2.67 bits per heavy atom. The maximum atomic E-state index is 6.42. The molecule has 0 saturated carbocycles. The molecule has 1 fully saturated rings. The highest BCUT2D eigenvalue weighted by molar-refractivity contribution is 5.44. The van der Waals surface area contributed by atoms with Gasteiger partial charge in [0.05, 0.1) is 7.11 Å². The van der Waals surface area contributed by atoms with Gasteiger partial charge in [0.1, 0.15) is 17.1 Å². The summed E-state index contributed by atoms with van der Waals surface area (Å²) in [6.07, 6.45) is 3.02. The van der Waals surface area contributed by atoms with Crippen molar-refractivity contribution in [1.82, 2.24) is 4.90 Å². The summed E-state index contributed by atoms with van der Waals surface area (Å²) in [5.74, 6) is 1.78. The molecule has 1 spiro atoms. The first-order chi connectivity index (χ1) is 10.0. The number of nitrogens with two attached hydrogens (primary N) is 1. The largest absolute Gasteiger partial charge is 0.497 e. The number of methoxy groups -OCH3 is 1. The fourth-order valence-corrected chi connectivity index (χ4v) is 3.58. The molecule has 2 aliphatic heterocycles. The van der Waals surface area contributed by atoms with Crippen LogP contribution >= 0.6 is 0 Å². The Hall–Kier alpha value is -1.26. The predicted molar refractivity (Wildman–Crippen MR) is 83.8 cm³/mol. The summed E-state index contributed by atoms with van der Waals surface area (Å²) in [6, 6.07) is 6.61. The van der Waals surface area contributed by atoms with Gasteiger partial charge in [-0.15, -0.1) is 0 Å². The summed E-state index contributed by atoms with van der Waals surface area (Å²) < 4.78 is 11.7. The van der Waals surface area contributed by atoms with Crippen molar-refractivity contribution in [3.05, 3.63) is 23.8 Å². The Bertz CT molecular complexity index is 508. The average Bonchev–Trinajstić information content (AvgIpc) is 2.47. The van der Waals surface area contributed by atoms with Crippen molar-refractivity contribution in [3.63, 3.8) is 0 Å². The lowest BCUT2D eigenvalue weighted by Gasteiger charge is -2.47. The standard InChI is InChI=1S/C17H26N2O2/c1-12(2)19-8-6-17(7-9-19)11-15(18)14-10-13(20-3)4-5-16(14)21-17/h4-5,10,12,15H,6-9,11,18H2,1-3H3/t15-/m0/s1.